The molecular weight excluding hydrogens is 588 g/mol. The molecule has 1 aromatic heterocycles. The molecule has 0 saturated heterocycles. The van der Waals surface area contributed by atoms with Gasteiger partial charge < -0.3 is 10.6 Å². The Morgan fingerprint density at radius 2 is 1.68 bits per heavy atom. The standard InChI is InChI=1S/C24H17Br2ClN4O3/c1-13-5-7-19(18(26)9-13)29-23(33)24(34)30-31-20-8-6-15(25)10-14(20)11-21(31)22(32)28-17-4-2-3-16(27)12-17/h2-12H,1H3,(H,28,32)(H,29,33)(H,30,34). The molecule has 10 heteroatoms. The van der Waals surface area contributed by atoms with Crippen LogP contribution in [-0.4, -0.2) is 22.4 Å². The van der Waals surface area contributed by atoms with Crippen molar-refractivity contribution in [2.75, 3.05) is 16.1 Å². The Hall–Kier alpha value is -3.14. The van der Waals surface area contributed by atoms with Crippen LogP contribution in [0.5, 0.6) is 0 Å². The highest BCUT2D eigenvalue weighted by Gasteiger charge is 2.21. The fraction of sp³-hybridized carbons (Fsp3) is 0.0417. The first kappa shape index (κ1) is 24.0. The number of fused-ring (bicyclic) bond motifs is 1. The largest absolute Gasteiger partial charge is 0.328 e. The maximum absolute atomic E-state index is 13.1. The molecule has 0 aliphatic heterocycles. The van der Waals surface area contributed by atoms with Crippen molar-refractivity contribution in [3.63, 3.8) is 0 Å². The van der Waals surface area contributed by atoms with E-state index in [0.717, 1.165) is 10.0 Å². The van der Waals surface area contributed by atoms with E-state index in [-0.39, 0.29) is 5.69 Å². The van der Waals surface area contributed by atoms with Gasteiger partial charge in [0.05, 0.1) is 11.2 Å². The number of hydrogen-bond acceptors (Lipinski definition) is 3. The molecule has 1 heterocycles. The molecule has 0 radical (unpaired) electrons. The normalized spacial score (nSPS) is 10.7. The van der Waals surface area contributed by atoms with Crippen LogP contribution in [-0.2, 0) is 9.59 Å². The van der Waals surface area contributed by atoms with Crippen LogP contribution in [0.25, 0.3) is 10.9 Å². The van der Waals surface area contributed by atoms with Gasteiger partial charge in [0.1, 0.15) is 5.69 Å². The van der Waals surface area contributed by atoms with E-state index in [9.17, 15) is 14.4 Å². The minimum Gasteiger partial charge on any atom is -0.321 e. The minimum absolute atomic E-state index is 0.130. The molecule has 0 aliphatic rings. The lowest BCUT2D eigenvalue weighted by molar-refractivity contribution is -0.133. The van der Waals surface area contributed by atoms with Gasteiger partial charge in [-0.1, -0.05) is 39.7 Å². The zero-order valence-electron chi connectivity index (χ0n) is 17.7. The summed E-state index contributed by atoms with van der Waals surface area (Å²) in [6.45, 7) is 1.91. The second-order valence-electron chi connectivity index (χ2n) is 7.41. The molecule has 3 amide bonds. The molecule has 0 unspecified atom stereocenters. The number of carbonyl (C=O) groups excluding carboxylic acids is 3. The highest BCUT2D eigenvalue weighted by Crippen LogP contribution is 2.25. The number of hydrogen-bond donors (Lipinski definition) is 3. The van der Waals surface area contributed by atoms with Crippen molar-refractivity contribution in [3.8, 4) is 0 Å². The third-order valence-corrected chi connectivity index (χ3v) is 6.26. The van der Waals surface area contributed by atoms with Crippen LogP contribution in [0.3, 0.4) is 0 Å². The van der Waals surface area contributed by atoms with Gasteiger partial charge in [-0.05, 0) is 83.0 Å². The molecule has 34 heavy (non-hydrogen) atoms. The summed E-state index contributed by atoms with van der Waals surface area (Å²) in [6.07, 6.45) is 0. The maximum atomic E-state index is 13.1. The SMILES string of the molecule is Cc1ccc(NC(=O)C(=O)Nn2c(C(=O)Nc3cccc(Cl)c3)cc3cc(Br)ccc32)c(Br)c1. The zero-order chi connectivity index (χ0) is 24.4. The van der Waals surface area contributed by atoms with E-state index in [2.05, 4.69) is 47.9 Å². The van der Waals surface area contributed by atoms with Crippen molar-refractivity contribution in [2.45, 2.75) is 6.92 Å². The van der Waals surface area contributed by atoms with E-state index in [1.807, 2.05) is 19.1 Å². The number of aryl methyl sites for hydroxylation is 1. The van der Waals surface area contributed by atoms with E-state index in [4.69, 9.17) is 11.6 Å². The summed E-state index contributed by atoms with van der Waals surface area (Å²) in [6, 6.07) is 18.9. The lowest BCUT2D eigenvalue weighted by Gasteiger charge is -2.13. The molecule has 3 N–H and O–H groups in total. The zero-order valence-corrected chi connectivity index (χ0v) is 21.6. The van der Waals surface area contributed by atoms with E-state index >= 15 is 0 Å². The first-order chi connectivity index (χ1) is 16.2. The highest BCUT2D eigenvalue weighted by atomic mass is 79.9. The van der Waals surface area contributed by atoms with Crippen molar-refractivity contribution in [1.82, 2.24) is 4.68 Å². The minimum atomic E-state index is -0.940. The molecule has 3 aromatic carbocycles. The van der Waals surface area contributed by atoms with Gasteiger partial charge in [-0.2, -0.15) is 0 Å². The molecule has 0 aliphatic carbocycles. The number of amides is 3. The number of anilines is 2. The number of nitrogens with one attached hydrogen (secondary N) is 3. The number of rotatable bonds is 4. The van der Waals surface area contributed by atoms with Crippen LogP contribution in [0.4, 0.5) is 11.4 Å². The molecule has 0 fully saturated rings. The number of nitrogens with zero attached hydrogens (tertiary/aromatic N) is 1. The molecule has 0 saturated carbocycles. The molecule has 0 atom stereocenters. The first-order valence-electron chi connectivity index (χ1n) is 9.97. The van der Waals surface area contributed by atoms with Crippen molar-refractivity contribution in [1.29, 1.82) is 0 Å². The quantitative estimate of drug-likeness (QED) is 0.246. The summed E-state index contributed by atoms with van der Waals surface area (Å²) in [5.41, 5.74) is 5.13. The Labute approximate surface area is 216 Å². The second-order valence-corrected chi connectivity index (χ2v) is 9.62. The third-order valence-electron chi connectivity index (χ3n) is 4.87. The molecule has 7 nitrogen and oxygen atoms in total. The van der Waals surface area contributed by atoms with Gasteiger partial charge in [0, 0.05) is 25.0 Å². The van der Waals surface area contributed by atoms with Gasteiger partial charge in [-0.15, -0.1) is 0 Å². The first-order valence-corrected chi connectivity index (χ1v) is 11.9. The number of halogens is 3. The Morgan fingerprint density at radius 3 is 2.41 bits per heavy atom. The topological polar surface area (TPSA) is 92.2 Å². The molecule has 4 aromatic rings. The molecule has 0 spiro atoms. The van der Waals surface area contributed by atoms with E-state index in [1.54, 1.807) is 54.6 Å². The van der Waals surface area contributed by atoms with Crippen molar-refractivity contribution in [2.24, 2.45) is 0 Å². The summed E-state index contributed by atoms with van der Waals surface area (Å²) >= 11 is 12.8. The second kappa shape index (κ2) is 10.0. The Balaban J connectivity index is 1.63. The van der Waals surface area contributed by atoms with Gasteiger partial charge in [0.25, 0.3) is 5.91 Å². The summed E-state index contributed by atoms with van der Waals surface area (Å²) < 4.78 is 2.73. The Kier molecular flexibility index (Phi) is 7.06. The fourth-order valence-electron chi connectivity index (χ4n) is 3.29. The third kappa shape index (κ3) is 5.32. The maximum Gasteiger partial charge on any atom is 0.328 e. The van der Waals surface area contributed by atoms with Gasteiger partial charge >= 0.3 is 11.8 Å². The summed E-state index contributed by atoms with van der Waals surface area (Å²) in [5, 5.41) is 6.48. The summed E-state index contributed by atoms with van der Waals surface area (Å²) in [5.74, 6) is -2.31. The van der Waals surface area contributed by atoms with Crippen LogP contribution in [0.15, 0.2) is 75.7 Å². The number of aromatic nitrogens is 1. The van der Waals surface area contributed by atoms with Gasteiger partial charge in [0.2, 0.25) is 0 Å². The van der Waals surface area contributed by atoms with Crippen molar-refractivity contribution in [3.05, 3.63) is 92.0 Å². The highest BCUT2D eigenvalue weighted by molar-refractivity contribution is 9.10. The van der Waals surface area contributed by atoms with Crippen LogP contribution < -0.4 is 16.1 Å². The molecule has 0 bridgehead atoms. The van der Waals surface area contributed by atoms with Crippen molar-refractivity contribution >= 4 is 83.5 Å². The van der Waals surface area contributed by atoms with Gasteiger partial charge in [0.15, 0.2) is 0 Å². The van der Waals surface area contributed by atoms with E-state index in [0.29, 0.717) is 31.8 Å². The van der Waals surface area contributed by atoms with Crippen LogP contribution in [0.2, 0.25) is 5.02 Å². The predicted octanol–water partition coefficient (Wildman–Crippen LogP) is 6.09. The van der Waals surface area contributed by atoms with Crippen LogP contribution >= 0.6 is 43.5 Å². The van der Waals surface area contributed by atoms with Gasteiger partial charge in [-0.3, -0.25) is 19.8 Å². The van der Waals surface area contributed by atoms with Crippen LogP contribution in [0, 0.1) is 6.92 Å². The number of carbonyl (C=O) groups is 3. The average Bonchev–Trinajstić information content (AvgIpc) is 3.13. The monoisotopic (exact) mass is 602 g/mol. The molecular formula is C24H17Br2ClN4O3. The lowest BCUT2D eigenvalue weighted by Crippen LogP contribution is -2.36. The lowest BCUT2D eigenvalue weighted by atomic mass is 10.2. The summed E-state index contributed by atoms with van der Waals surface area (Å²) in [4.78, 5) is 38.4. The number of benzene rings is 3. The Morgan fingerprint density at radius 1 is 0.882 bits per heavy atom. The summed E-state index contributed by atoms with van der Waals surface area (Å²) in [7, 11) is 0. The van der Waals surface area contributed by atoms with E-state index in [1.165, 1.54) is 4.68 Å². The smallest absolute Gasteiger partial charge is 0.321 e. The molecule has 4 rings (SSSR count). The van der Waals surface area contributed by atoms with Crippen molar-refractivity contribution < 1.29 is 14.4 Å². The fourth-order valence-corrected chi connectivity index (χ4v) is 4.45. The molecule has 172 valence electrons. The van der Waals surface area contributed by atoms with Crippen LogP contribution in [0.1, 0.15) is 16.1 Å². The Bertz CT molecular complexity index is 1450. The predicted molar refractivity (Wildman–Crippen MR) is 141 cm³/mol. The van der Waals surface area contributed by atoms with E-state index < -0.39 is 17.7 Å². The van der Waals surface area contributed by atoms with Gasteiger partial charge in [-0.25, -0.2) is 4.68 Å². The average molecular weight is 605 g/mol.